The van der Waals surface area contributed by atoms with Gasteiger partial charge in [0.25, 0.3) is 0 Å². The fourth-order valence-corrected chi connectivity index (χ4v) is 4.44. The van der Waals surface area contributed by atoms with Gasteiger partial charge in [0.2, 0.25) is 5.43 Å². The number of pyridine rings is 2. The van der Waals surface area contributed by atoms with Gasteiger partial charge in [-0.3, -0.25) is 4.79 Å². The summed E-state index contributed by atoms with van der Waals surface area (Å²) in [5.41, 5.74) is -0.401. The maximum atomic E-state index is 15.3. The van der Waals surface area contributed by atoms with Crippen molar-refractivity contribution < 1.29 is 14.3 Å². The van der Waals surface area contributed by atoms with E-state index in [1.54, 1.807) is 11.5 Å². The predicted molar refractivity (Wildman–Crippen MR) is 98.1 cm³/mol. The smallest absolute Gasteiger partial charge is 0.341 e. The van der Waals surface area contributed by atoms with Crippen molar-refractivity contribution in [2.75, 3.05) is 18.0 Å². The minimum Gasteiger partial charge on any atom is -0.477 e. The predicted octanol–water partition coefficient (Wildman–Crippen LogP) is 1.82. The summed E-state index contributed by atoms with van der Waals surface area (Å²) in [7, 11) is 0. The molecule has 2 bridgehead atoms. The zero-order valence-electron chi connectivity index (χ0n) is 15.0. The molecule has 2 atom stereocenters. The van der Waals surface area contributed by atoms with Gasteiger partial charge in [-0.25, -0.2) is 14.2 Å². The molecule has 0 amide bonds. The van der Waals surface area contributed by atoms with Crippen molar-refractivity contribution in [3.05, 3.63) is 33.4 Å². The van der Waals surface area contributed by atoms with Gasteiger partial charge >= 0.3 is 5.97 Å². The first-order valence-electron chi connectivity index (χ1n) is 9.44. The van der Waals surface area contributed by atoms with Gasteiger partial charge in [0, 0.05) is 43.0 Å². The van der Waals surface area contributed by atoms with Gasteiger partial charge in [0.15, 0.2) is 11.6 Å². The van der Waals surface area contributed by atoms with E-state index in [1.807, 2.05) is 4.90 Å². The fourth-order valence-electron chi connectivity index (χ4n) is 4.44. The van der Waals surface area contributed by atoms with Crippen molar-refractivity contribution >= 4 is 22.8 Å². The van der Waals surface area contributed by atoms with E-state index in [1.165, 1.54) is 6.20 Å². The van der Waals surface area contributed by atoms with Gasteiger partial charge in [-0.05, 0) is 32.6 Å². The van der Waals surface area contributed by atoms with Crippen LogP contribution >= 0.6 is 0 Å². The molecule has 4 aliphatic rings. The maximum Gasteiger partial charge on any atom is 0.341 e. The van der Waals surface area contributed by atoms with Crippen LogP contribution in [0.2, 0.25) is 0 Å². The molecule has 2 N–H and O–H groups in total. The van der Waals surface area contributed by atoms with Crippen molar-refractivity contribution in [3.63, 3.8) is 0 Å². The number of piperazine rings is 1. The molecule has 2 aromatic heterocycles. The van der Waals surface area contributed by atoms with Crippen LogP contribution in [0.3, 0.4) is 0 Å². The molecule has 1 aliphatic carbocycles. The second kappa shape index (κ2) is 5.76. The Morgan fingerprint density at radius 1 is 1.30 bits per heavy atom. The fraction of sp³-hybridized carbons (Fsp3) is 0.526. The van der Waals surface area contributed by atoms with Crippen LogP contribution in [0.25, 0.3) is 11.0 Å². The minimum atomic E-state index is -1.29. The second-order valence-electron chi connectivity index (χ2n) is 7.88. The number of carbonyl (C=O) groups is 1. The van der Waals surface area contributed by atoms with Gasteiger partial charge in [0.1, 0.15) is 11.2 Å². The SMILES string of the molecule is Cc1c(F)c(N2CC3CCC2CN3)nc2c1c(=O)c(C(=O)O)cn2C1CC1. The molecule has 0 spiro atoms. The number of carboxylic acids is 1. The lowest BCUT2D eigenvalue weighted by atomic mass is 9.93. The monoisotopic (exact) mass is 372 g/mol. The summed E-state index contributed by atoms with van der Waals surface area (Å²) in [6.07, 6.45) is 5.25. The van der Waals surface area contributed by atoms with Gasteiger partial charge in [-0.1, -0.05) is 0 Å². The summed E-state index contributed by atoms with van der Waals surface area (Å²) in [6.45, 7) is 3.05. The molecule has 3 aliphatic heterocycles. The largest absolute Gasteiger partial charge is 0.477 e. The van der Waals surface area contributed by atoms with Crippen molar-refractivity contribution in [3.8, 4) is 0 Å². The van der Waals surface area contributed by atoms with Gasteiger partial charge in [-0.2, -0.15) is 0 Å². The number of anilines is 1. The Labute approximate surface area is 154 Å². The van der Waals surface area contributed by atoms with Crippen LogP contribution in [0.15, 0.2) is 11.0 Å². The van der Waals surface area contributed by atoms with E-state index < -0.39 is 17.2 Å². The number of rotatable bonds is 3. The molecule has 6 rings (SSSR count). The molecule has 4 fully saturated rings. The van der Waals surface area contributed by atoms with E-state index in [4.69, 9.17) is 0 Å². The number of fused-ring (bicyclic) bond motifs is 4. The van der Waals surface area contributed by atoms with Crippen LogP contribution in [0.4, 0.5) is 10.2 Å². The zero-order valence-corrected chi connectivity index (χ0v) is 15.0. The quantitative estimate of drug-likeness (QED) is 0.855. The molecule has 8 heteroatoms. The Morgan fingerprint density at radius 2 is 2.04 bits per heavy atom. The number of aromatic carboxylic acids is 1. The summed E-state index contributed by atoms with van der Waals surface area (Å²) in [5.74, 6) is -1.52. The first-order chi connectivity index (χ1) is 13.0. The van der Waals surface area contributed by atoms with Crippen LogP contribution in [-0.2, 0) is 0 Å². The van der Waals surface area contributed by atoms with E-state index in [0.29, 0.717) is 18.2 Å². The Morgan fingerprint density at radius 3 is 2.59 bits per heavy atom. The van der Waals surface area contributed by atoms with E-state index in [0.717, 1.165) is 32.2 Å². The third-order valence-electron chi connectivity index (χ3n) is 6.11. The second-order valence-corrected chi connectivity index (χ2v) is 7.88. The number of nitrogens with zero attached hydrogens (tertiary/aromatic N) is 3. The lowest BCUT2D eigenvalue weighted by molar-refractivity contribution is 0.0695. The molecule has 27 heavy (non-hydrogen) atoms. The number of piperidine rings is 2. The summed E-state index contributed by atoms with van der Waals surface area (Å²) < 4.78 is 17.0. The first kappa shape index (κ1) is 16.7. The number of carboxylic acid groups (broad SMARTS) is 1. The van der Waals surface area contributed by atoms with Gasteiger partial charge in [0.05, 0.1) is 5.39 Å². The first-order valence-corrected chi connectivity index (χ1v) is 9.44. The highest BCUT2D eigenvalue weighted by atomic mass is 19.1. The molecular formula is C19H21FN4O3. The Balaban J connectivity index is 1.77. The zero-order chi connectivity index (χ0) is 18.9. The van der Waals surface area contributed by atoms with Crippen LogP contribution in [0.5, 0.6) is 0 Å². The average molecular weight is 372 g/mol. The number of hydrogen-bond donors (Lipinski definition) is 2. The topological polar surface area (TPSA) is 87.5 Å². The number of halogens is 1. The number of aromatic nitrogens is 2. The van der Waals surface area contributed by atoms with Gasteiger partial charge < -0.3 is 19.9 Å². The summed E-state index contributed by atoms with van der Waals surface area (Å²) in [5, 5.41) is 12.9. The summed E-state index contributed by atoms with van der Waals surface area (Å²) in [6, 6.07) is 0.635. The van der Waals surface area contributed by atoms with E-state index >= 15 is 4.39 Å². The summed E-state index contributed by atoms with van der Waals surface area (Å²) in [4.78, 5) is 30.9. The van der Waals surface area contributed by atoms with E-state index in [-0.39, 0.29) is 34.4 Å². The van der Waals surface area contributed by atoms with Crippen molar-refractivity contribution in [1.82, 2.24) is 14.9 Å². The third-order valence-corrected chi connectivity index (χ3v) is 6.11. The molecule has 2 aromatic rings. The van der Waals surface area contributed by atoms with Crippen LogP contribution in [0, 0.1) is 12.7 Å². The van der Waals surface area contributed by atoms with E-state index in [2.05, 4.69) is 10.3 Å². The van der Waals surface area contributed by atoms with Gasteiger partial charge in [-0.15, -0.1) is 0 Å². The number of nitrogens with one attached hydrogen (secondary N) is 1. The normalized spacial score (nSPS) is 24.6. The number of aryl methyl sites for hydroxylation is 1. The highest BCUT2D eigenvalue weighted by Gasteiger charge is 2.37. The lowest BCUT2D eigenvalue weighted by Crippen LogP contribution is -2.61. The highest BCUT2D eigenvalue weighted by Crippen LogP contribution is 2.38. The minimum absolute atomic E-state index is 0.0864. The third kappa shape index (κ3) is 2.46. The lowest BCUT2D eigenvalue weighted by Gasteiger charge is -2.46. The van der Waals surface area contributed by atoms with Crippen LogP contribution < -0.4 is 15.6 Å². The van der Waals surface area contributed by atoms with Crippen molar-refractivity contribution in [2.24, 2.45) is 0 Å². The van der Waals surface area contributed by atoms with Crippen LogP contribution in [0.1, 0.15) is 47.6 Å². The van der Waals surface area contributed by atoms with Crippen LogP contribution in [-0.4, -0.2) is 45.8 Å². The molecule has 3 saturated heterocycles. The molecule has 0 aromatic carbocycles. The molecule has 5 heterocycles. The molecule has 7 nitrogen and oxygen atoms in total. The Bertz CT molecular complexity index is 1020. The average Bonchev–Trinajstić information content (AvgIpc) is 3.50. The standard InChI is InChI=1S/C19H21FN4O3/c1-9-14-16(25)13(19(26)27)8-24(11-4-5-11)17(14)22-18(15(9)20)23-7-10-2-3-12(23)6-21-10/h8,10-12,21H,2-7H2,1H3,(H,26,27). The number of hydrogen-bond acceptors (Lipinski definition) is 5. The highest BCUT2D eigenvalue weighted by molar-refractivity contribution is 5.93. The molecule has 0 radical (unpaired) electrons. The van der Waals surface area contributed by atoms with Crippen molar-refractivity contribution in [2.45, 2.75) is 50.7 Å². The summed E-state index contributed by atoms with van der Waals surface area (Å²) >= 11 is 0. The van der Waals surface area contributed by atoms with E-state index in [9.17, 15) is 14.7 Å². The molecule has 2 unspecified atom stereocenters. The Hall–Kier alpha value is -2.48. The molecular weight excluding hydrogens is 351 g/mol. The maximum absolute atomic E-state index is 15.3. The van der Waals surface area contributed by atoms with Crippen molar-refractivity contribution in [1.29, 1.82) is 0 Å². The molecule has 1 saturated carbocycles. The molecule has 142 valence electrons. The Kier molecular flexibility index (Phi) is 3.56.